The van der Waals surface area contributed by atoms with Crippen LogP contribution < -0.4 is 19.5 Å². The Kier molecular flexibility index (Phi) is 6.86. The molecule has 1 aromatic heterocycles. The molecule has 5 rings (SSSR count). The molecule has 37 heavy (non-hydrogen) atoms. The molecule has 2 aliphatic rings. The summed E-state index contributed by atoms with van der Waals surface area (Å²) in [6.45, 7) is 2.59. The minimum Gasteiger partial charge on any atom is -0.496 e. The standard InChI is InChI=1S/C28H30ClN3O5/c1-16-13-17(30-12-8-4-5-11-23-31-18-9-6-7-10-19(18)32-23)14-22(33)28(16)27(34)24-20(35-2)15-21(36-3)25(29)26(24)37-28/h6-7,9-10,14-16,30H,4-5,8,11-13H2,1-3H3,(H,31,32)/t16-,28+/m1/s1. The van der Waals surface area contributed by atoms with E-state index in [1.165, 1.54) is 26.4 Å². The number of fused-ring (bicyclic) bond motifs is 2. The first-order valence-corrected chi connectivity index (χ1v) is 12.9. The minimum atomic E-state index is -1.65. The quantitative estimate of drug-likeness (QED) is 0.299. The number of rotatable bonds is 9. The maximum Gasteiger partial charge on any atom is 0.236 e. The monoisotopic (exact) mass is 523 g/mol. The van der Waals surface area contributed by atoms with Gasteiger partial charge in [0.2, 0.25) is 17.2 Å². The SMILES string of the molecule is COc1cc(OC)c2c(c1Cl)O[C@@]1(C(=O)C=C(NCCCCCc3nc4ccccc4[nH]3)C[C@H]1C)C2=O. The van der Waals surface area contributed by atoms with Gasteiger partial charge in [0.15, 0.2) is 5.75 Å². The van der Waals surface area contributed by atoms with Gasteiger partial charge in [-0.3, -0.25) is 9.59 Å². The number of unbranched alkanes of at least 4 members (excludes halogenated alkanes) is 2. The number of allylic oxidation sites excluding steroid dienone is 1. The number of para-hydroxylation sites is 2. The molecular weight excluding hydrogens is 494 g/mol. The fourth-order valence-corrected chi connectivity index (χ4v) is 5.48. The number of carbonyl (C=O) groups excluding carboxylic acids is 2. The minimum absolute atomic E-state index is 0.136. The number of aromatic nitrogens is 2. The number of H-pyrrole nitrogens is 1. The topological polar surface area (TPSA) is 103 Å². The van der Waals surface area contributed by atoms with Crippen molar-refractivity contribution in [3.8, 4) is 17.2 Å². The molecule has 1 aliphatic heterocycles. The first-order chi connectivity index (χ1) is 17.9. The van der Waals surface area contributed by atoms with Crippen LogP contribution >= 0.6 is 11.6 Å². The lowest BCUT2D eigenvalue weighted by atomic mass is 9.74. The second kappa shape index (κ2) is 10.1. The van der Waals surface area contributed by atoms with Gasteiger partial charge in [0.1, 0.15) is 27.9 Å². The van der Waals surface area contributed by atoms with Crippen LogP contribution in [0.3, 0.4) is 0 Å². The fraction of sp³-hybridized carbons (Fsp3) is 0.393. The van der Waals surface area contributed by atoms with Crippen LogP contribution in [0.15, 0.2) is 42.1 Å². The Balaban J connectivity index is 1.19. The first kappa shape index (κ1) is 25.1. The van der Waals surface area contributed by atoms with Gasteiger partial charge in [-0.1, -0.05) is 37.1 Å². The number of nitrogens with zero attached hydrogens (tertiary/aromatic N) is 1. The van der Waals surface area contributed by atoms with Crippen molar-refractivity contribution in [3.05, 3.63) is 58.5 Å². The van der Waals surface area contributed by atoms with Crippen LogP contribution in [-0.2, 0) is 11.2 Å². The van der Waals surface area contributed by atoms with Crippen LogP contribution in [0.4, 0.5) is 0 Å². The number of hydrogen-bond donors (Lipinski definition) is 2. The van der Waals surface area contributed by atoms with Crippen molar-refractivity contribution < 1.29 is 23.8 Å². The Morgan fingerprint density at radius 2 is 1.95 bits per heavy atom. The summed E-state index contributed by atoms with van der Waals surface area (Å²) < 4.78 is 16.8. The number of hydrogen-bond acceptors (Lipinski definition) is 7. The number of aryl methyl sites for hydroxylation is 1. The van der Waals surface area contributed by atoms with Crippen LogP contribution in [0.1, 0.15) is 48.8 Å². The molecule has 1 spiro atoms. The number of methoxy groups -OCH3 is 2. The Morgan fingerprint density at radius 1 is 1.16 bits per heavy atom. The zero-order valence-electron chi connectivity index (χ0n) is 21.2. The largest absolute Gasteiger partial charge is 0.496 e. The third-order valence-corrected chi connectivity index (χ3v) is 7.55. The van der Waals surface area contributed by atoms with Crippen LogP contribution in [0, 0.1) is 5.92 Å². The smallest absolute Gasteiger partial charge is 0.236 e. The molecule has 194 valence electrons. The molecule has 3 aromatic rings. The van der Waals surface area contributed by atoms with Gasteiger partial charge < -0.3 is 24.5 Å². The molecule has 2 aromatic carbocycles. The molecule has 0 bridgehead atoms. The molecular formula is C28H30ClN3O5. The van der Waals surface area contributed by atoms with Gasteiger partial charge in [0.25, 0.3) is 0 Å². The summed E-state index contributed by atoms with van der Waals surface area (Å²) in [6.07, 6.45) is 5.90. The highest BCUT2D eigenvalue weighted by Crippen LogP contribution is 2.52. The fourth-order valence-electron chi connectivity index (χ4n) is 5.22. The number of nitrogens with one attached hydrogen (secondary N) is 2. The summed E-state index contributed by atoms with van der Waals surface area (Å²) in [7, 11) is 2.92. The van der Waals surface area contributed by atoms with Crippen LogP contribution in [0.25, 0.3) is 11.0 Å². The zero-order chi connectivity index (χ0) is 26.2. The van der Waals surface area contributed by atoms with Crippen molar-refractivity contribution in [1.29, 1.82) is 0 Å². The number of halogens is 1. The Hall–Kier alpha value is -3.52. The first-order valence-electron chi connectivity index (χ1n) is 12.5. The van der Waals surface area contributed by atoms with E-state index in [1.807, 2.05) is 31.2 Å². The highest BCUT2D eigenvalue weighted by molar-refractivity contribution is 6.36. The van der Waals surface area contributed by atoms with Gasteiger partial charge in [0.05, 0.1) is 25.3 Å². The number of Topliss-reactive ketones (excluding diaryl/α,β-unsaturated/α-hetero) is 1. The zero-order valence-corrected chi connectivity index (χ0v) is 21.9. The average molecular weight is 524 g/mol. The highest BCUT2D eigenvalue weighted by Gasteiger charge is 2.60. The highest BCUT2D eigenvalue weighted by atomic mass is 35.5. The molecule has 0 fully saturated rings. The van der Waals surface area contributed by atoms with Crippen molar-refractivity contribution in [1.82, 2.24) is 15.3 Å². The molecule has 0 saturated carbocycles. The Labute approximate surface area is 220 Å². The molecule has 1 aliphatic carbocycles. The van der Waals surface area contributed by atoms with Crippen molar-refractivity contribution in [2.24, 2.45) is 5.92 Å². The molecule has 0 unspecified atom stereocenters. The lowest BCUT2D eigenvalue weighted by molar-refractivity contribution is -0.129. The summed E-state index contributed by atoms with van der Waals surface area (Å²) in [5.74, 6) is 0.513. The normalized spacial score (nSPS) is 20.6. The number of ether oxygens (including phenoxy) is 3. The average Bonchev–Trinajstić information content (AvgIpc) is 3.45. The number of ketones is 2. The second-order valence-electron chi connectivity index (χ2n) is 9.54. The molecule has 0 saturated heterocycles. The third-order valence-electron chi connectivity index (χ3n) is 7.19. The van der Waals surface area contributed by atoms with E-state index in [0.717, 1.165) is 54.8 Å². The number of aromatic amines is 1. The second-order valence-corrected chi connectivity index (χ2v) is 9.92. The van der Waals surface area contributed by atoms with E-state index in [1.54, 1.807) is 0 Å². The lowest BCUT2D eigenvalue weighted by Crippen LogP contribution is -2.55. The van der Waals surface area contributed by atoms with E-state index in [0.29, 0.717) is 12.2 Å². The van der Waals surface area contributed by atoms with Crippen LogP contribution in [0.5, 0.6) is 17.2 Å². The van der Waals surface area contributed by atoms with Gasteiger partial charge in [-0.15, -0.1) is 0 Å². The maximum atomic E-state index is 13.6. The maximum absolute atomic E-state index is 13.6. The van der Waals surface area contributed by atoms with Crippen molar-refractivity contribution >= 4 is 34.2 Å². The van der Waals surface area contributed by atoms with E-state index in [2.05, 4.69) is 15.3 Å². The van der Waals surface area contributed by atoms with Gasteiger partial charge >= 0.3 is 0 Å². The van der Waals surface area contributed by atoms with Crippen molar-refractivity contribution in [2.45, 2.75) is 44.6 Å². The van der Waals surface area contributed by atoms with Crippen molar-refractivity contribution in [2.75, 3.05) is 20.8 Å². The number of imidazole rings is 1. The lowest BCUT2D eigenvalue weighted by Gasteiger charge is -2.35. The Bertz CT molecular complexity index is 1360. The predicted octanol–water partition coefficient (Wildman–Crippen LogP) is 5.04. The summed E-state index contributed by atoms with van der Waals surface area (Å²) in [4.78, 5) is 34.9. The number of benzene rings is 2. The summed E-state index contributed by atoms with van der Waals surface area (Å²) >= 11 is 6.44. The van der Waals surface area contributed by atoms with Crippen molar-refractivity contribution in [3.63, 3.8) is 0 Å². The van der Waals surface area contributed by atoms with Gasteiger partial charge in [-0.25, -0.2) is 4.98 Å². The molecule has 2 atom stereocenters. The van der Waals surface area contributed by atoms with E-state index >= 15 is 0 Å². The predicted molar refractivity (Wildman–Crippen MR) is 141 cm³/mol. The molecule has 0 radical (unpaired) electrons. The molecule has 0 amide bonds. The van der Waals surface area contributed by atoms with E-state index in [4.69, 9.17) is 25.8 Å². The van der Waals surface area contributed by atoms with Gasteiger partial charge in [-0.05, 0) is 31.4 Å². The number of carbonyl (C=O) groups is 2. The third kappa shape index (κ3) is 4.33. The van der Waals surface area contributed by atoms with E-state index in [9.17, 15) is 9.59 Å². The summed E-state index contributed by atoms with van der Waals surface area (Å²) in [6, 6.07) is 9.57. The molecule has 9 heteroatoms. The summed E-state index contributed by atoms with van der Waals surface area (Å²) in [5, 5.41) is 3.53. The van der Waals surface area contributed by atoms with E-state index < -0.39 is 23.1 Å². The Morgan fingerprint density at radius 3 is 2.68 bits per heavy atom. The van der Waals surface area contributed by atoms with Crippen LogP contribution in [0.2, 0.25) is 5.02 Å². The van der Waals surface area contributed by atoms with Crippen LogP contribution in [-0.4, -0.2) is 47.9 Å². The van der Waals surface area contributed by atoms with Gasteiger partial charge in [-0.2, -0.15) is 0 Å². The van der Waals surface area contributed by atoms with E-state index in [-0.39, 0.29) is 22.1 Å². The molecule has 2 heterocycles. The molecule has 8 nitrogen and oxygen atoms in total. The van der Waals surface area contributed by atoms with Gasteiger partial charge in [0, 0.05) is 36.7 Å². The molecule has 2 N–H and O–H groups in total. The summed E-state index contributed by atoms with van der Waals surface area (Å²) in [5.41, 5.74) is 1.40.